The number of aliphatic carboxylic acids is 1. The summed E-state index contributed by atoms with van der Waals surface area (Å²) in [5.41, 5.74) is 2.13. The maximum atomic E-state index is 10.4. The van der Waals surface area contributed by atoms with E-state index in [0.29, 0.717) is 13.0 Å². The van der Waals surface area contributed by atoms with E-state index in [0.717, 1.165) is 23.4 Å². The molecule has 0 radical (unpaired) electrons. The highest BCUT2D eigenvalue weighted by atomic mass is 16.4. The molecule has 1 aromatic heterocycles. The maximum Gasteiger partial charge on any atom is 0.303 e. The Kier molecular flexibility index (Phi) is 4.22. The topological polar surface area (TPSA) is 80.9 Å². The lowest BCUT2D eigenvalue weighted by Crippen LogP contribution is -2.04. The molecule has 1 N–H and O–H groups in total. The van der Waals surface area contributed by atoms with Crippen molar-refractivity contribution in [3.05, 3.63) is 29.8 Å². The zero-order chi connectivity index (χ0) is 13.7. The van der Waals surface area contributed by atoms with Crippen LogP contribution in [0.5, 0.6) is 0 Å². The summed E-state index contributed by atoms with van der Waals surface area (Å²) in [6.07, 6.45) is 1.56. The molecule has 0 bridgehead atoms. The normalized spacial score (nSPS) is 10.6. The smallest absolute Gasteiger partial charge is 0.303 e. The van der Waals surface area contributed by atoms with Crippen LogP contribution in [0.4, 0.5) is 0 Å². The summed E-state index contributed by atoms with van der Waals surface area (Å²) >= 11 is 0. The van der Waals surface area contributed by atoms with Crippen LogP contribution >= 0.6 is 0 Å². The van der Waals surface area contributed by atoms with Crippen LogP contribution in [0.25, 0.3) is 11.4 Å². The molecule has 0 aliphatic rings. The molecule has 0 fully saturated rings. The van der Waals surface area contributed by atoms with E-state index in [9.17, 15) is 4.79 Å². The van der Waals surface area contributed by atoms with Crippen molar-refractivity contribution in [2.24, 2.45) is 0 Å². The number of nitrogens with zero attached hydrogens (tertiary/aromatic N) is 4. The molecule has 0 saturated heterocycles. The fraction of sp³-hybridized carbons (Fsp3) is 0.385. The highest BCUT2D eigenvalue weighted by molar-refractivity contribution is 5.66. The van der Waals surface area contributed by atoms with E-state index < -0.39 is 5.97 Å². The predicted octanol–water partition coefficient (Wildman–Crippen LogP) is 1.90. The number of aromatic nitrogens is 4. The first-order valence-electron chi connectivity index (χ1n) is 6.22. The Bertz CT molecular complexity index is 565. The fourth-order valence-corrected chi connectivity index (χ4v) is 1.88. The second-order valence-corrected chi connectivity index (χ2v) is 4.45. The van der Waals surface area contributed by atoms with Crippen LogP contribution in [0.3, 0.4) is 0 Å². The fourth-order valence-electron chi connectivity index (χ4n) is 1.88. The van der Waals surface area contributed by atoms with Crippen LogP contribution in [0.2, 0.25) is 0 Å². The monoisotopic (exact) mass is 260 g/mol. The van der Waals surface area contributed by atoms with Crippen LogP contribution < -0.4 is 0 Å². The second kappa shape index (κ2) is 6.08. The molecule has 1 aromatic carbocycles. The molecular formula is C13H16N4O2. The van der Waals surface area contributed by atoms with E-state index in [2.05, 4.69) is 15.5 Å². The molecule has 1 heterocycles. The third kappa shape index (κ3) is 3.61. The van der Waals surface area contributed by atoms with Crippen molar-refractivity contribution < 1.29 is 9.90 Å². The minimum absolute atomic E-state index is 0.182. The van der Waals surface area contributed by atoms with E-state index >= 15 is 0 Å². The molecule has 6 nitrogen and oxygen atoms in total. The van der Waals surface area contributed by atoms with Crippen LogP contribution in [-0.4, -0.2) is 31.3 Å². The maximum absolute atomic E-state index is 10.4. The summed E-state index contributed by atoms with van der Waals surface area (Å²) in [5, 5.41) is 20.2. The first-order valence-corrected chi connectivity index (χ1v) is 6.22. The van der Waals surface area contributed by atoms with Crippen molar-refractivity contribution in [3.8, 4) is 11.4 Å². The average molecular weight is 260 g/mol. The summed E-state index contributed by atoms with van der Waals surface area (Å²) in [4.78, 5) is 10.4. The van der Waals surface area contributed by atoms with Crippen molar-refractivity contribution in [3.63, 3.8) is 0 Å². The summed E-state index contributed by atoms with van der Waals surface area (Å²) < 4.78 is 1.72. The third-order valence-corrected chi connectivity index (χ3v) is 2.82. The van der Waals surface area contributed by atoms with Gasteiger partial charge in [-0.05, 0) is 36.3 Å². The van der Waals surface area contributed by atoms with Crippen molar-refractivity contribution in [2.45, 2.75) is 32.7 Å². The van der Waals surface area contributed by atoms with Gasteiger partial charge in [0.1, 0.15) is 0 Å². The molecule has 0 spiro atoms. The quantitative estimate of drug-likeness (QED) is 0.802. The molecule has 100 valence electrons. The molecule has 0 aliphatic carbocycles. The number of rotatable bonds is 6. The van der Waals surface area contributed by atoms with Gasteiger partial charge in [0.25, 0.3) is 0 Å². The van der Waals surface area contributed by atoms with Crippen LogP contribution in [0.1, 0.15) is 24.8 Å². The highest BCUT2D eigenvalue weighted by Gasteiger charge is 2.08. The lowest BCUT2D eigenvalue weighted by molar-refractivity contribution is -0.137. The van der Waals surface area contributed by atoms with Crippen LogP contribution in [0.15, 0.2) is 24.3 Å². The Morgan fingerprint density at radius 1 is 1.37 bits per heavy atom. The SMILES string of the molecule is Cc1cccc(-c2nnnn2CCCCC(=O)O)c1. The molecular weight excluding hydrogens is 244 g/mol. The summed E-state index contributed by atoms with van der Waals surface area (Å²) in [6, 6.07) is 7.98. The number of carboxylic acid groups (broad SMARTS) is 1. The van der Waals surface area contributed by atoms with Gasteiger partial charge in [-0.25, -0.2) is 4.68 Å². The number of hydrogen-bond donors (Lipinski definition) is 1. The Hall–Kier alpha value is -2.24. The Labute approximate surface area is 111 Å². The van der Waals surface area contributed by atoms with E-state index in [-0.39, 0.29) is 6.42 Å². The molecule has 0 aliphatic heterocycles. The number of unbranched alkanes of at least 4 members (excludes halogenated alkanes) is 1. The van der Waals surface area contributed by atoms with Crippen molar-refractivity contribution in [1.29, 1.82) is 0 Å². The number of carbonyl (C=O) groups is 1. The Balaban J connectivity index is 2.03. The second-order valence-electron chi connectivity index (χ2n) is 4.45. The lowest BCUT2D eigenvalue weighted by Gasteiger charge is -2.04. The largest absolute Gasteiger partial charge is 0.481 e. The number of carboxylic acids is 1. The van der Waals surface area contributed by atoms with Gasteiger partial charge >= 0.3 is 5.97 Å². The number of hydrogen-bond acceptors (Lipinski definition) is 4. The molecule has 0 atom stereocenters. The highest BCUT2D eigenvalue weighted by Crippen LogP contribution is 2.17. The Morgan fingerprint density at radius 2 is 2.21 bits per heavy atom. The van der Waals surface area contributed by atoms with E-state index in [4.69, 9.17) is 5.11 Å². The van der Waals surface area contributed by atoms with Crippen molar-refractivity contribution >= 4 is 5.97 Å². The van der Waals surface area contributed by atoms with Crippen molar-refractivity contribution in [1.82, 2.24) is 20.2 Å². The minimum Gasteiger partial charge on any atom is -0.481 e. The predicted molar refractivity (Wildman–Crippen MR) is 69.5 cm³/mol. The number of tetrazole rings is 1. The van der Waals surface area contributed by atoms with Gasteiger partial charge < -0.3 is 5.11 Å². The van der Waals surface area contributed by atoms with Gasteiger partial charge in [-0.1, -0.05) is 23.8 Å². The molecule has 2 rings (SSSR count). The molecule has 6 heteroatoms. The summed E-state index contributed by atoms with van der Waals surface area (Å²) in [7, 11) is 0. The first kappa shape index (κ1) is 13.2. The van der Waals surface area contributed by atoms with Crippen LogP contribution in [-0.2, 0) is 11.3 Å². The zero-order valence-electron chi connectivity index (χ0n) is 10.8. The van der Waals surface area contributed by atoms with Crippen molar-refractivity contribution in [2.75, 3.05) is 0 Å². The molecule has 0 unspecified atom stereocenters. The average Bonchev–Trinajstić information content (AvgIpc) is 2.83. The molecule has 0 amide bonds. The molecule has 2 aromatic rings. The zero-order valence-corrected chi connectivity index (χ0v) is 10.8. The van der Waals surface area contributed by atoms with Gasteiger partial charge in [-0.2, -0.15) is 0 Å². The van der Waals surface area contributed by atoms with Crippen LogP contribution in [0, 0.1) is 6.92 Å². The molecule has 19 heavy (non-hydrogen) atoms. The third-order valence-electron chi connectivity index (χ3n) is 2.82. The lowest BCUT2D eigenvalue weighted by atomic mass is 10.1. The summed E-state index contributed by atoms with van der Waals surface area (Å²) in [5.74, 6) is -0.0466. The first-order chi connectivity index (χ1) is 9.16. The van der Waals surface area contributed by atoms with Gasteiger partial charge in [0, 0.05) is 18.5 Å². The van der Waals surface area contributed by atoms with Gasteiger partial charge in [-0.15, -0.1) is 5.10 Å². The van der Waals surface area contributed by atoms with Gasteiger partial charge in [-0.3, -0.25) is 4.79 Å². The number of benzene rings is 1. The minimum atomic E-state index is -0.768. The van der Waals surface area contributed by atoms with E-state index in [1.165, 1.54) is 0 Å². The number of aryl methyl sites for hydroxylation is 2. The van der Waals surface area contributed by atoms with Gasteiger partial charge in [0.05, 0.1) is 0 Å². The Morgan fingerprint density at radius 3 is 2.95 bits per heavy atom. The van der Waals surface area contributed by atoms with E-state index in [1.807, 2.05) is 31.2 Å². The van der Waals surface area contributed by atoms with E-state index in [1.54, 1.807) is 4.68 Å². The summed E-state index contributed by atoms with van der Waals surface area (Å²) in [6.45, 7) is 2.65. The standard InChI is InChI=1S/C13H16N4O2/c1-10-5-4-6-11(9-10)13-14-15-16-17(13)8-3-2-7-12(18)19/h4-6,9H,2-3,7-8H2,1H3,(H,18,19). The van der Waals surface area contributed by atoms with Gasteiger partial charge in [0.15, 0.2) is 5.82 Å². The van der Waals surface area contributed by atoms with Gasteiger partial charge in [0.2, 0.25) is 0 Å². The molecule has 0 saturated carbocycles.